The number of nitrogens with one attached hydrogen (secondary N) is 1. The molecule has 0 saturated heterocycles. The molecule has 4 rings (SSSR count). The molecule has 5 nitrogen and oxygen atoms in total. The summed E-state index contributed by atoms with van der Waals surface area (Å²) in [7, 11) is 0. The highest BCUT2D eigenvalue weighted by molar-refractivity contribution is 6.33. The van der Waals surface area contributed by atoms with E-state index in [1.165, 1.54) is 6.07 Å². The van der Waals surface area contributed by atoms with Gasteiger partial charge in [0.25, 0.3) is 5.91 Å². The minimum absolute atomic E-state index is 0.108. The SMILES string of the molecule is Cc1cc(C)c(NC(=O)[C@@H](C)Oc2c(-c3ccccc3Cl)oc3ccc(Cl)cc3c2=O)c(C)c1. The zero-order valence-corrected chi connectivity index (χ0v) is 20.7. The van der Waals surface area contributed by atoms with Gasteiger partial charge in [0.15, 0.2) is 11.9 Å². The van der Waals surface area contributed by atoms with E-state index >= 15 is 0 Å². The molecule has 1 heterocycles. The molecule has 0 saturated carbocycles. The minimum atomic E-state index is -0.999. The van der Waals surface area contributed by atoms with Crippen molar-refractivity contribution in [3.63, 3.8) is 0 Å². The van der Waals surface area contributed by atoms with Crippen molar-refractivity contribution in [3.05, 3.63) is 91.6 Å². The zero-order chi connectivity index (χ0) is 24.6. The second-order valence-electron chi connectivity index (χ2n) is 8.23. The first-order valence-electron chi connectivity index (χ1n) is 10.7. The summed E-state index contributed by atoms with van der Waals surface area (Å²) in [6.45, 7) is 7.43. The average molecular weight is 496 g/mol. The predicted molar refractivity (Wildman–Crippen MR) is 137 cm³/mol. The van der Waals surface area contributed by atoms with E-state index < -0.39 is 17.4 Å². The summed E-state index contributed by atoms with van der Waals surface area (Å²) in [5.74, 6) is -0.360. The predicted octanol–water partition coefficient (Wildman–Crippen LogP) is 7.10. The number of anilines is 1. The topological polar surface area (TPSA) is 68.5 Å². The van der Waals surface area contributed by atoms with Crippen LogP contribution in [0.5, 0.6) is 5.75 Å². The normalized spacial score (nSPS) is 11.9. The van der Waals surface area contributed by atoms with Gasteiger partial charge in [0, 0.05) is 16.3 Å². The molecule has 1 aromatic heterocycles. The number of hydrogen-bond donors (Lipinski definition) is 1. The first-order valence-corrected chi connectivity index (χ1v) is 11.5. The van der Waals surface area contributed by atoms with E-state index in [0.29, 0.717) is 21.2 Å². The van der Waals surface area contributed by atoms with Crippen LogP contribution >= 0.6 is 23.2 Å². The van der Waals surface area contributed by atoms with Gasteiger partial charge in [0.05, 0.1) is 10.4 Å². The van der Waals surface area contributed by atoms with Gasteiger partial charge in [-0.3, -0.25) is 9.59 Å². The Labute approximate surface area is 207 Å². The smallest absolute Gasteiger partial charge is 0.265 e. The van der Waals surface area contributed by atoms with E-state index in [4.69, 9.17) is 32.4 Å². The van der Waals surface area contributed by atoms with Crippen LogP contribution in [-0.2, 0) is 4.79 Å². The number of aryl methyl sites for hydroxylation is 3. The number of halogens is 2. The number of hydrogen-bond acceptors (Lipinski definition) is 4. The standard InChI is InChI=1S/C27H23Cl2NO4/c1-14-11-15(2)23(16(3)12-14)30-27(32)17(4)33-26-24(31)20-13-18(28)9-10-22(20)34-25(26)19-7-5-6-8-21(19)29/h5-13,17H,1-4H3,(H,30,32)/t17-/m1/s1. The average Bonchev–Trinajstić information content (AvgIpc) is 2.78. The van der Waals surface area contributed by atoms with Crippen LogP contribution in [0, 0.1) is 20.8 Å². The molecule has 0 unspecified atom stereocenters. The van der Waals surface area contributed by atoms with E-state index in [-0.39, 0.29) is 16.9 Å². The van der Waals surface area contributed by atoms with Gasteiger partial charge in [-0.15, -0.1) is 0 Å². The van der Waals surface area contributed by atoms with Crippen LogP contribution in [0.15, 0.2) is 63.8 Å². The molecular formula is C27H23Cl2NO4. The van der Waals surface area contributed by atoms with Gasteiger partial charge in [0.2, 0.25) is 11.2 Å². The van der Waals surface area contributed by atoms with Crippen molar-refractivity contribution in [2.24, 2.45) is 0 Å². The highest BCUT2D eigenvalue weighted by atomic mass is 35.5. The second kappa shape index (κ2) is 9.53. The summed E-state index contributed by atoms with van der Waals surface area (Å²) in [4.78, 5) is 26.5. The summed E-state index contributed by atoms with van der Waals surface area (Å²) >= 11 is 12.5. The number of amides is 1. The quantitative estimate of drug-likeness (QED) is 0.320. The molecule has 1 atom stereocenters. The van der Waals surface area contributed by atoms with Gasteiger partial charge in [-0.05, 0) is 69.2 Å². The molecule has 0 fully saturated rings. The van der Waals surface area contributed by atoms with Crippen molar-refractivity contribution < 1.29 is 13.9 Å². The third-order valence-electron chi connectivity index (χ3n) is 5.52. The molecule has 4 aromatic rings. The maximum atomic E-state index is 13.4. The number of rotatable bonds is 5. The van der Waals surface area contributed by atoms with E-state index in [1.807, 2.05) is 32.9 Å². The van der Waals surface area contributed by atoms with Gasteiger partial charge >= 0.3 is 0 Å². The Morgan fingerprint density at radius 3 is 2.35 bits per heavy atom. The molecule has 0 radical (unpaired) electrons. The van der Waals surface area contributed by atoms with E-state index in [2.05, 4.69) is 5.32 Å². The molecule has 1 N–H and O–H groups in total. The lowest BCUT2D eigenvalue weighted by molar-refractivity contribution is -0.122. The Balaban J connectivity index is 1.77. The summed E-state index contributed by atoms with van der Waals surface area (Å²) in [6, 6.07) is 15.7. The molecular weight excluding hydrogens is 473 g/mol. The molecule has 3 aromatic carbocycles. The van der Waals surface area contributed by atoms with Gasteiger partial charge in [-0.2, -0.15) is 0 Å². The van der Waals surface area contributed by atoms with Gasteiger partial charge in [-0.1, -0.05) is 53.0 Å². The van der Waals surface area contributed by atoms with Crippen molar-refractivity contribution in [3.8, 4) is 17.1 Å². The molecule has 174 valence electrons. The maximum absolute atomic E-state index is 13.4. The maximum Gasteiger partial charge on any atom is 0.265 e. The summed E-state index contributed by atoms with van der Waals surface area (Å²) in [5.41, 5.74) is 4.07. The Hall–Kier alpha value is -3.28. The fraction of sp³-hybridized carbons (Fsp3) is 0.185. The monoisotopic (exact) mass is 495 g/mol. The highest BCUT2D eigenvalue weighted by Crippen LogP contribution is 2.36. The number of carbonyl (C=O) groups excluding carboxylic acids is 1. The lowest BCUT2D eigenvalue weighted by atomic mass is 10.0. The molecule has 0 aliphatic rings. The van der Waals surface area contributed by atoms with E-state index in [9.17, 15) is 9.59 Å². The fourth-order valence-electron chi connectivity index (χ4n) is 3.91. The molecule has 7 heteroatoms. The van der Waals surface area contributed by atoms with Crippen LogP contribution in [0.25, 0.3) is 22.3 Å². The van der Waals surface area contributed by atoms with E-state index in [1.54, 1.807) is 43.3 Å². The number of ether oxygens (including phenoxy) is 1. The fourth-order valence-corrected chi connectivity index (χ4v) is 4.31. The largest absolute Gasteiger partial charge is 0.473 e. The van der Waals surface area contributed by atoms with Gasteiger partial charge in [0.1, 0.15) is 5.58 Å². The van der Waals surface area contributed by atoms with Crippen molar-refractivity contribution in [2.45, 2.75) is 33.8 Å². The van der Waals surface area contributed by atoms with Crippen LogP contribution < -0.4 is 15.5 Å². The van der Waals surface area contributed by atoms with Crippen LogP contribution in [0.2, 0.25) is 10.0 Å². The van der Waals surface area contributed by atoms with Crippen LogP contribution in [0.4, 0.5) is 5.69 Å². The zero-order valence-electron chi connectivity index (χ0n) is 19.2. The van der Waals surface area contributed by atoms with Crippen LogP contribution in [0.1, 0.15) is 23.6 Å². The second-order valence-corrected chi connectivity index (χ2v) is 9.08. The van der Waals surface area contributed by atoms with Crippen LogP contribution in [-0.4, -0.2) is 12.0 Å². The Morgan fingerprint density at radius 2 is 1.68 bits per heavy atom. The van der Waals surface area contributed by atoms with Crippen molar-refractivity contribution in [1.29, 1.82) is 0 Å². The summed E-state index contributed by atoms with van der Waals surface area (Å²) in [6.07, 6.45) is -0.999. The van der Waals surface area contributed by atoms with Crippen molar-refractivity contribution in [2.75, 3.05) is 5.32 Å². The highest BCUT2D eigenvalue weighted by Gasteiger charge is 2.25. The van der Waals surface area contributed by atoms with Crippen molar-refractivity contribution >= 4 is 45.8 Å². The first-order chi connectivity index (χ1) is 16.2. The van der Waals surface area contributed by atoms with Crippen LogP contribution in [0.3, 0.4) is 0 Å². The van der Waals surface area contributed by atoms with E-state index in [0.717, 1.165) is 22.4 Å². The summed E-state index contributed by atoms with van der Waals surface area (Å²) in [5, 5.41) is 3.93. The summed E-state index contributed by atoms with van der Waals surface area (Å²) < 4.78 is 12.0. The Morgan fingerprint density at radius 1 is 1.00 bits per heavy atom. The lowest BCUT2D eigenvalue weighted by Gasteiger charge is -2.19. The molecule has 0 spiro atoms. The number of fused-ring (bicyclic) bond motifs is 1. The van der Waals surface area contributed by atoms with Gasteiger partial charge < -0.3 is 14.5 Å². The third-order valence-corrected chi connectivity index (χ3v) is 6.08. The molecule has 0 bridgehead atoms. The molecule has 34 heavy (non-hydrogen) atoms. The lowest BCUT2D eigenvalue weighted by Crippen LogP contribution is -2.32. The minimum Gasteiger partial charge on any atom is -0.473 e. The third kappa shape index (κ3) is 4.67. The first kappa shape index (κ1) is 23.9. The Bertz CT molecular complexity index is 1450. The molecule has 0 aliphatic heterocycles. The molecule has 0 aliphatic carbocycles. The van der Waals surface area contributed by atoms with Crippen molar-refractivity contribution in [1.82, 2.24) is 0 Å². The number of benzene rings is 3. The van der Waals surface area contributed by atoms with Gasteiger partial charge in [-0.25, -0.2) is 0 Å². The number of carbonyl (C=O) groups is 1. The molecule has 1 amide bonds. The Kier molecular flexibility index (Phi) is 6.69.